The highest BCUT2D eigenvalue weighted by atomic mass is 16.3. The topological polar surface area (TPSA) is 189 Å². The molecule has 14 heteroatoms. The Kier molecular flexibility index (Phi) is 17.1. The normalized spacial score (nSPS) is 14.3. The van der Waals surface area contributed by atoms with Gasteiger partial charge in [-0.2, -0.15) is 0 Å². The van der Waals surface area contributed by atoms with Crippen LogP contribution in [0, 0.1) is 11.8 Å². The minimum absolute atomic E-state index is 0.127. The van der Waals surface area contributed by atoms with Gasteiger partial charge in [-0.1, -0.05) is 100 Å². The van der Waals surface area contributed by atoms with Gasteiger partial charge in [0.2, 0.25) is 11.8 Å². The van der Waals surface area contributed by atoms with E-state index in [-0.39, 0.29) is 37.8 Å². The lowest BCUT2D eigenvalue weighted by Gasteiger charge is -2.35. The van der Waals surface area contributed by atoms with Crippen molar-refractivity contribution < 1.29 is 29.4 Å². The van der Waals surface area contributed by atoms with Crippen molar-refractivity contribution in [2.75, 3.05) is 14.1 Å². The highest BCUT2D eigenvalue weighted by Gasteiger charge is 2.38. The molecule has 0 fully saturated rings. The molecule has 0 radical (unpaired) electrons. The summed E-state index contributed by atoms with van der Waals surface area (Å²) in [7, 11) is 3.21. The maximum Gasteiger partial charge on any atom is 0.318 e. The first kappa shape index (κ1) is 44.8. The van der Waals surface area contributed by atoms with Crippen LogP contribution < -0.4 is 21.3 Å². The number of hydrogen-bond donors (Lipinski definition) is 6. The minimum Gasteiger partial charge on any atom is -0.388 e. The summed E-state index contributed by atoms with van der Waals surface area (Å²) in [5.41, 5.74) is 2.91. The Morgan fingerprint density at radius 3 is 1.19 bits per heavy atom. The molecular formula is C44H58N8O6. The summed E-state index contributed by atoms with van der Waals surface area (Å²) in [5, 5.41) is 35.5. The van der Waals surface area contributed by atoms with Crippen molar-refractivity contribution in [3.63, 3.8) is 0 Å². The number of rotatable bonds is 19. The second-order valence-electron chi connectivity index (χ2n) is 15.3. The first-order valence-electron chi connectivity index (χ1n) is 19.6. The van der Waals surface area contributed by atoms with Gasteiger partial charge in [0.05, 0.1) is 36.6 Å². The van der Waals surface area contributed by atoms with Crippen molar-refractivity contribution in [2.45, 2.75) is 90.0 Å². The fourth-order valence-corrected chi connectivity index (χ4v) is 6.44. The van der Waals surface area contributed by atoms with Crippen molar-refractivity contribution in [1.29, 1.82) is 0 Å². The predicted octanol–water partition coefficient (Wildman–Crippen LogP) is 3.69. The van der Waals surface area contributed by atoms with E-state index < -0.39 is 60.3 Å². The number of nitrogens with one attached hydrogen (secondary N) is 4. The summed E-state index contributed by atoms with van der Waals surface area (Å²) in [5.74, 6) is -1.79. The summed E-state index contributed by atoms with van der Waals surface area (Å²) >= 11 is 0. The minimum atomic E-state index is -1.59. The third kappa shape index (κ3) is 13.7. The first-order chi connectivity index (χ1) is 27.7. The Balaban J connectivity index is 1.56. The molecule has 58 heavy (non-hydrogen) atoms. The second kappa shape index (κ2) is 22.2. The lowest BCUT2D eigenvalue weighted by molar-refractivity contribution is -0.129. The van der Waals surface area contributed by atoms with Crippen LogP contribution in [0.3, 0.4) is 0 Å². The van der Waals surface area contributed by atoms with Crippen LogP contribution in [0.4, 0.5) is 9.59 Å². The molecule has 2 aromatic carbocycles. The molecule has 0 spiro atoms. The molecule has 0 saturated heterocycles. The lowest BCUT2D eigenvalue weighted by atomic mass is 9.90. The number of aromatic nitrogens is 2. The molecule has 0 aliphatic carbocycles. The van der Waals surface area contributed by atoms with Crippen LogP contribution >= 0.6 is 0 Å². The Labute approximate surface area is 341 Å². The molecule has 0 aliphatic rings. The highest BCUT2D eigenvalue weighted by molar-refractivity contribution is 5.88. The van der Waals surface area contributed by atoms with Crippen LogP contribution in [-0.4, -0.2) is 104 Å². The fourth-order valence-electron chi connectivity index (χ4n) is 6.44. The van der Waals surface area contributed by atoms with Crippen molar-refractivity contribution in [3.8, 4) is 0 Å². The summed E-state index contributed by atoms with van der Waals surface area (Å²) in [6.45, 7) is 7.63. The standard InChI is InChI=1S/C44H58N8O6/c1-29(2)37(49-43(57)51(5)27-33-21-13-15-23-45-33)41(55)47-35(25-31-17-9-7-10-18-31)39(53)40(54)36(26-32-19-11-8-12-20-32)48-42(56)38(30(3)4)50-44(58)52(6)28-34-22-14-16-24-46-34/h7-24,29-30,35-40,53-54H,25-28H2,1-6H3,(H,47,55)(H,48,56)(H,49,57)(H,50,58)/t35-,36-,37?,38?,39-,40-/m0/s1. The smallest absolute Gasteiger partial charge is 0.318 e. The van der Waals surface area contributed by atoms with Crippen molar-refractivity contribution >= 4 is 23.9 Å². The molecule has 4 aromatic rings. The maximum atomic E-state index is 14.0. The number of amides is 6. The van der Waals surface area contributed by atoms with Crippen molar-refractivity contribution in [1.82, 2.24) is 41.0 Å². The molecule has 2 heterocycles. The molecule has 2 aromatic heterocycles. The third-order valence-corrected chi connectivity index (χ3v) is 9.83. The van der Waals surface area contributed by atoms with E-state index in [1.807, 2.05) is 72.8 Å². The monoisotopic (exact) mass is 794 g/mol. The maximum absolute atomic E-state index is 14.0. The summed E-state index contributed by atoms with van der Waals surface area (Å²) in [4.78, 5) is 66.0. The zero-order valence-corrected chi connectivity index (χ0v) is 34.2. The zero-order chi connectivity index (χ0) is 42.2. The van der Waals surface area contributed by atoms with Gasteiger partial charge >= 0.3 is 12.1 Å². The number of aliphatic hydroxyl groups excluding tert-OH is 2. The van der Waals surface area contributed by atoms with Crippen LogP contribution in [-0.2, 0) is 35.5 Å². The van der Waals surface area contributed by atoms with E-state index in [2.05, 4.69) is 31.2 Å². The Hall–Kier alpha value is -5.86. The van der Waals surface area contributed by atoms with Gasteiger partial charge in [-0.3, -0.25) is 19.6 Å². The van der Waals surface area contributed by atoms with Gasteiger partial charge in [-0.25, -0.2) is 9.59 Å². The van der Waals surface area contributed by atoms with E-state index in [1.54, 1.807) is 78.4 Å². The molecule has 6 N–H and O–H groups in total. The molecule has 4 rings (SSSR count). The van der Waals surface area contributed by atoms with E-state index in [9.17, 15) is 29.4 Å². The zero-order valence-electron chi connectivity index (χ0n) is 34.2. The number of carbonyl (C=O) groups excluding carboxylic acids is 4. The molecular weight excluding hydrogens is 737 g/mol. The molecule has 0 saturated carbocycles. The van der Waals surface area contributed by atoms with Gasteiger partial charge in [0.25, 0.3) is 0 Å². The van der Waals surface area contributed by atoms with Crippen molar-refractivity contribution in [2.24, 2.45) is 11.8 Å². The fraction of sp³-hybridized carbons (Fsp3) is 0.409. The van der Waals surface area contributed by atoms with Gasteiger partial charge in [0.15, 0.2) is 0 Å². The summed E-state index contributed by atoms with van der Waals surface area (Å²) in [6.07, 6.45) is 0.347. The van der Waals surface area contributed by atoms with Crippen LogP contribution in [0.15, 0.2) is 109 Å². The largest absolute Gasteiger partial charge is 0.388 e. The Morgan fingerprint density at radius 2 is 0.879 bits per heavy atom. The van der Waals surface area contributed by atoms with Crippen LogP contribution in [0.1, 0.15) is 50.2 Å². The van der Waals surface area contributed by atoms with Gasteiger partial charge in [0, 0.05) is 26.5 Å². The van der Waals surface area contributed by atoms with E-state index in [1.165, 1.54) is 9.80 Å². The number of aliphatic hydroxyl groups is 2. The molecule has 6 atom stereocenters. The van der Waals surface area contributed by atoms with Gasteiger partial charge in [-0.05, 0) is 60.1 Å². The first-order valence-corrected chi connectivity index (χ1v) is 19.6. The Bertz CT molecular complexity index is 1730. The molecule has 310 valence electrons. The molecule has 2 unspecified atom stereocenters. The van der Waals surface area contributed by atoms with E-state index in [4.69, 9.17) is 0 Å². The predicted molar refractivity (Wildman–Crippen MR) is 222 cm³/mol. The summed E-state index contributed by atoms with van der Waals surface area (Å²) in [6, 6.07) is 24.2. The van der Waals surface area contributed by atoms with Crippen LogP contribution in [0.2, 0.25) is 0 Å². The second-order valence-corrected chi connectivity index (χ2v) is 15.3. The molecule has 14 nitrogen and oxygen atoms in total. The quantitative estimate of drug-likeness (QED) is 0.0829. The Morgan fingerprint density at radius 1 is 0.534 bits per heavy atom. The van der Waals surface area contributed by atoms with E-state index in [0.717, 1.165) is 11.1 Å². The number of nitrogens with zero attached hydrogens (tertiary/aromatic N) is 4. The van der Waals surface area contributed by atoms with Gasteiger partial charge in [0.1, 0.15) is 24.3 Å². The number of carbonyl (C=O) groups is 4. The van der Waals surface area contributed by atoms with E-state index >= 15 is 0 Å². The molecule has 6 amide bonds. The lowest BCUT2D eigenvalue weighted by Crippen LogP contribution is -2.62. The number of pyridine rings is 2. The molecule has 0 bridgehead atoms. The van der Waals surface area contributed by atoms with Crippen LogP contribution in [0.25, 0.3) is 0 Å². The highest BCUT2D eigenvalue weighted by Crippen LogP contribution is 2.17. The number of benzene rings is 2. The van der Waals surface area contributed by atoms with Gasteiger partial charge < -0.3 is 41.3 Å². The average Bonchev–Trinajstić information content (AvgIpc) is 3.21. The molecule has 0 aliphatic heterocycles. The van der Waals surface area contributed by atoms with Crippen molar-refractivity contribution in [3.05, 3.63) is 132 Å². The third-order valence-electron chi connectivity index (χ3n) is 9.83. The SMILES string of the molecule is CC(C)C(NC(=O)N(C)Cc1ccccn1)C(=O)N[C@@H](Cc1ccccc1)[C@H](O)[C@@H](O)[C@H](Cc1ccccc1)NC(=O)C(NC(=O)N(C)Cc1ccccn1)C(C)C. The van der Waals surface area contributed by atoms with E-state index in [0.29, 0.717) is 11.4 Å². The summed E-state index contributed by atoms with van der Waals surface area (Å²) < 4.78 is 0. The van der Waals surface area contributed by atoms with Crippen LogP contribution in [0.5, 0.6) is 0 Å². The number of hydrogen-bond acceptors (Lipinski definition) is 8. The number of urea groups is 2. The average molecular weight is 795 g/mol. The van der Waals surface area contributed by atoms with Gasteiger partial charge in [-0.15, -0.1) is 0 Å².